The molecule has 0 aliphatic rings. The van der Waals surface area contributed by atoms with E-state index in [1.165, 1.54) is 4.57 Å². The molecule has 0 aliphatic carbocycles. The fourth-order valence-corrected chi connectivity index (χ4v) is 6.71. The van der Waals surface area contributed by atoms with E-state index in [2.05, 4.69) is 20.1 Å². The molecule has 20 heteroatoms. The number of alkyl halides is 6. The van der Waals surface area contributed by atoms with Crippen LogP contribution in [-0.2, 0) is 22.4 Å². The van der Waals surface area contributed by atoms with Gasteiger partial charge in [0.25, 0.3) is 11.8 Å². The van der Waals surface area contributed by atoms with Gasteiger partial charge in [-0.1, -0.05) is 6.92 Å². The van der Waals surface area contributed by atoms with Gasteiger partial charge in [0.1, 0.15) is 11.5 Å². The summed E-state index contributed by atoms with van der Waals surface area (Å²) in [5.41, 5.74) is 1.81. The third-order valence-corrected chi connectivity index (χ3v) is 9.50. The number of nitrogens with zero attached hydrogens (tertiary/aromatic N) is 2. The fraction of sp³-hybridized carbons (Fsp3) is 0.256. The highest BCUT2D eigenvalue weighted by Gasteiger charge is 2.32. The minimum absolute atomic E-state index is 0.0209. The lowest BCUT2D eigenvalue weighted by Crippen LogP contribution is -2.26. The van der Waals surface area contributed by atoms with Crippen molar-refractivity contribution in [1.29, 1.82) is 0 Å². The molecule has 0 aliphatic heterocycles. The Labute approximate surface area is 352 Å². The van der Waals surface area contributed by atoms with Crippen LogP contribution in [0, 0.1) is 25.5 Å². The van der Waals surface area contributed by atoms with Gasteiger partial charge in [0.2, 0.25) is 11.8 Å². The van der Waals surface area contributed by atoms with Gasteiger partial charge in [0.05, 0.1) is 23.9 Å². The predicted molar refractivity (Wildman–Crippen MR) is 212 cm³/mol. The second-order valence-electron chi connectivity index (χ2n) is 13.9. The van der Waals surface area contributed by atoms with Gasteiger partial charge < -0.3 is 30.3 Å². The zero-order chi connectivity index (χ0) is 46.6. The lowest BCUT2D eigenvalue weighted by molar-refractivity contribution is -0.275. The van der Waals surface area contributed by atoms with Crippen molar-refractivity contribution in [2.45, 2.75) is 59.7 Å². The van der Waals surface area contributed by atoms with Crippen molar-refractivity contribution in [2.24, 2.45) is 0 Å². The standard InChI is InChI=1S/C22H20F4N2O4.C21H18F4N2O4/c1-3-8-27-20(30)10-15-12(2)28(18-11-17(23)19(29)9-16(15)18)21(31)13-4-6-14(7-5-13)32-22(24,25)26;1-3-26-19(29)9-14-11(2)27(17-10-16(22)18(28)8-15(14)17)20(30)12-4-6-13(7-5-12)31-21(23,24)25/h4-7,9,11,29H,3,8,10H2,1-2H3,(H,27,30);4-8,10,28H,3,9H2,1-2H3,(H,26,29). The number of ether oxygens (including phenoxy) is 2. The normalized spacial score (nSPS) is 11.6. The Balaban J connectivity index is 0.000000238. The van der Waals surface area contributed by atoms with Crippen molar-refractivity contribution < 1.29 is 74.0 Å². The van der Waals surface area contributed by atoms with Crippen LogP contribution in [0.3, 0.4) is 0 Å². The Morgan fingerprint density at radius 2 is 0.968 bits per heavy atom. The van der Waals surface area contributed by atoms with Crippen molar-refractivity contribution in [1.82, 2.24) is 19.8 Å². The number of aromatic nitrogens is 2. The lowest BCUT2D eigenvalue weighted by Gasteiger charge is -2.11. The van der Waals surface area contributed by atoms with Crippen LogP contribution in [-0.4, -0.2) is 68.8 Å². The number of benzene rings is 4. The molecule has 6 aromatic rings. The first-order valence-electron chi connectivity index (χ1n) is 18.9. The first-order chi connectivity index (χ1) is 29.5. The molecule has 2 aromatic heterocycles. The molecule has 0 atom stereocenters. The molecule has 0 fully saturated rings. The molecule has 0 radical (unpaired) electrons. The number of amides is 2. The van der Waals surface area contributed by atoms with E-state index in [1.807, 2.05) is 6.92 Å². The minimum atomic E-state index is -4.87. The molecule has 334 valence electrons. The Morgan fingerprint density at radius 1 is 0.603 bits per heavy atom. The predicted octanol–water partition coefficient (Wildman–Crippen LogP) is 8.51. The molecular formula is C43H38F8N4O8. The molecule has 0 saturated carbocycles. The van der Waals surface area contributed by atoms with Crippen LogP contribution in [0.1, 0.15) is 63.5 Å². The number of rotatable bonds is 11. The first-order valence-corrected chi connectivity index (χ1v) is 18.9. The highest BCUT2D eigenvalue weighted by Crippen LogP contribution is 2.34. The van der Waals surface area contributed by atoms with Crippen molar-refractivity contribution in [3.63, 3.8) is 0 Å². The number of aromatic hydroxyl groups is 2. The summed E-state index contributed by atoms with van der Waals surface area (Å²) in [7, 11) is 0. The molecular weight excluding hydrogens is 852 g/mol. The monoisotopic (exact) mass is 890 g/mol. The fourth-order valence-electron chi connectivity index (χ4n) is 6.71. The van der Waals surface area contributed by atoms with E-state index in [0.717, 1.165) is 83.8 Å². The number of hydrogen-bond donors (Lipinski definition) is 4. The van der Waals surface area contributed by atoms with E-state index in [9.17, 15) is 64.5 Å². The van der Waals surface area contributed by atoms with Gasteiger partial charge in [-0.05, 0) is 99.0 Å². The number of phenols is 2. The van der Waals surface area contributed by atoms with E-state index in [4.69, 9.17) is 0 Å². The summed E-state index contributed by atoms with van der Waals surface area (Å²) in [4.78, 5) is 50.7. The summed E-state index contributed by atoms with van der Waals surface area (Å²) in [5, 5.41) is 25.6. The van der Waals surface area contributed by atoms with Crippen LogP contribution >= 0.6 is 0 Å². The van der Waals surface area contributed by atoms with Gasteiger partial charge in [-0.3, -0.25) is 28.3 Å². The van der Waals surface area contributed by atoms with E-state index in [0.29, 0.717) is 46.4 Å². The average Bonchev–Trinajstić information content (AvgIpc) is 3.60. The lowest BCUT2D eigenvalue weighted by atomic mass is 10.1. The van der Waals surface area contributed by atoms with Gasteiger partial charge in [-0.2, -0.15) is 0 Å². The average molecular weight is 891 g/mol. The van der Waals surface area contributed by atoms with Crippen LogP contribution < -0.4 is 20.1 Å². The SMILES string of the molecule is CCCNC(=O)Cc1c(C)n(C(=O)c2ccc(OC(F)(F)F)cc2)c2cc(F)c(O)cc12.CCNC(=O)Cc1c(C)n(C(=O)c2ccc(OC(F)(F)F)cc2)c2cc(F)c(O)cc12. The highest BCUT2D eigenvalue weighted by atomic mass is 19.4. The number of hydrogen-bond acceptors (Lipinski definition) is 8. The van der Waals surface area contributed by atoms with Crippen molar-refractivity contribution in [3.8, 4) is 23.0 Å². The zero-order valence-corrected chi connectivity index (χ0v) is 33.7. The number of nitrogens with one attached hydrogen (secondary N) is 2. The van der Waals surface area contributed by atoms with E-state index in [1.54, 1.807) is 20.8 Å². The third kappa shape index (κ3) is 11.0. The summed E-state index contributed by atoms with van der Waals surface area (Å²) in [5.74, 6) is -6.09. The number of likely N-dealkylation sites (N-methyl/N-ethyl adjacent to an activating group) is 1. The van der Waals surface area contributed by atoms with Crippen molar-refractivity contribution >= 4 is 45.4 Å². The van der Waals surface area contributed by atoms with E-state index >= 15 is 0 Å². The number of carbonyl (C=O) groups is 4. The molecule has 4 N–H and O–H groups in total. The van der Waals surface area contributed by atoms with Crippen molar-refractivity contribution in [3.05, 3.63) is 118 Å². The topological polar surface area (TPSA) is 161 Å². The van der Waals surface area contributed by atoms with Gasteiger partial charge >= 0.3 is 12.7 Å². The molecule has 12 nitrogen and oxygen atoms in total. The summed E-state index contributed by atoms with van der Waals surface area (Å²) < 4.78 is 112. The van der Waals surface area contributed by atoms with E-state index in [-0.39, 0.29) is 46.8 Å². The molecule has 2 heterocycles. The van der Waals surface area contributed by atoms with Crippen LogP contribution in [0.2, 0.25) is 0 Å². The van der Waals surface area contributed by atoms with Crippen LogP contribution in [0.25, 0.3) is 21.8 Å². The number of halogens is 8. The number of carbonyl (C=O) groups excluding carboxylic acids is 4. The summed E-state index contributed by atoms with van der Waals surface area (Å²) in [6.07, 6.45) is -9.23. The number of phenolic OH excluding ortho intramolecular Hbond substituents is 2. The second kappa shape index (κ2) is 18.9. The quantitative estimate of drug-likeness (QED) is 0.0943. The van der Waals surface area contributed by atoms with Gasteiger partial charge in [-0.15, -0.1) is 26.3 Å². The smallest absolute Gasteiger partial charge is 0.505 e. The number of fused-ring (bicyclic) bond motifs is 2. The molecule has 4 aromatic carbocycles. The Hall–Kier alpha value is -7.12. The molecule has 6 rings (SSSR count). The van der Waals surface area contributed by atoms with E-state index < -0.39 is 59.2 Å². The van der Waals surface area contributed by atoms with Gasteiger partial charge in [0.15, 0.2) is 23.1 Å². The largest absolute Gasteiger partial charge is 0.573 e. The van der Waals surface area contributed by atoms with Gasteiger partial charge in [-0.25, -0.2) is 8.78 Å². The van der Waals surface area contributed by atoms with Crippen LogP contribution in [0.4, 0.5) is 35.1 Å². The summed E-state index contributed by atoms with van der Waals surface area (Å²) >= 11 is 0. The molecule has 2 amide bonds. The molecule has 0 bridgehead atoms. The van der Waals surface area contributed by atoms with Crippen molar-refractivity contribution in [2.75, 3.05) is 13.1 Å². The van der Waals surface area contributed by atoms with Crippen LogP contribution in [0.15, 0.2) is 72.8 Å². The summed E-state index contributed by atoms with van der Waals surface area (Å²) in [6, 6.07) is 12.8. The Morgan fingerprint density at radius 3 is 1.30 bits per heavy atom. The Kier molecular flexibility index (Phi) is 14.1. The zero-order valence-electron chi connectivity index (χ0n) is 33.7. The molecule has 63 heavy (non-hydrogen) atoms. The van der Waals surface area contributed by atoms with Gasteiger partial charge in [0, 0.05) is 58.5 Å². The maximum atomic E-state index is 14.1. The van der Waals surface area contributed by atoms with Crippen LogP contribution in [0.5, 0.6) is 23.0 Å². The summed E-state index contributed by atoms with van der Waals surface area (Å²) in [6.45, 7) is 7.61. The molecule has 0 unspecified atom stereocenters. The maximum absolute atomic E-state index is 14.1. The first kappa shape index (κ1) is 46.9. The second-order valence-corrected chi connectivity index (χ2v) is 13.9. The third-order valence-electron chi connectivity index (χ3n) is 9.50. The molecule has 0 saturated heterocycles. The minimum Gasteiger partial charge on any atom is -0.505 e. The maximum Gasteiger partial charge on any atom is 0.573 e. The molecule has 0 spiro atoms. The Bertz CT molecular complexity index is 2690. The highest BCUT2D eigenvalue weighted by molar-refractivity contribution is 6.06.